The largest absolute Gasteiger partial charge is 0.313 e. The van der Waals surface area contributed by atoms with Gasteiger partial charge in [0.25, 0.3) is 0 Å². The molecule has 0 spiro atoms. The van der Waals surface area contributed by atoms with Crippen LogP contribution in [0.1, 0.15) is 39.4 Å². The molecule has 1 N–H and O–H groups in total. The lowest BCUT2D eigenvalue weighted by Gasteiger charge is -2.19. The molecular formula is C13H26N4S. The van der Waals surface area contributed by atoms with Crippen LogP contribution in [0.5, 0.6) is 0 Å². The summed E-state index contributed by atoms with van der Waals surface area (Å²) >= 11 is 2.04. The molecule has 1 rings (SSSR count). The van der Waals surface area contributed by atoms with Gasteiger partial charge in [0.15, 0.2) is 0 Å². The highest BCUT2D eigenvalue weighted by Gasteiger charge is 2.13. The minimum absolute atomic E-state index is 0.492. The van der Waals surface area contributed by atoms with E-state index in [-0.39, 0.29) is 0 Å². The van der Waals surface area contributed by atoms with Gasteiger partial charge in [0, 0.05) is 30.5 Å². The lowest BCUT2D eigenvalue weighted by molar-refractivity contribution is 0.525. The number of rotatable bonds is 9. The van der Waals surface area contributed by atoms with Gasteiger partial charge in [-0.3, -0.25) is 4.68 Å². The van der Waals surface area contributed by atoms with Crippen LogP contribution in [0.25, 0.3) is 0 Å². The Hall–Kier alpha value is -0.550. The molecule has 5 heteroatoms. The van der Waals surface area contributed by atoms with E-state index >= 15 is 0 Å². The second-order valence-corrected chi connectivity index (χ2v) is 6.18. The monoisotopic (exact) mass is 270 g/mol. The molecule has 0 saturated carbocycles. The van der Waals surface area contributed by atoms with Crippen LogP contribution in [0.2, 0.25) is 0 Å². The Morgan fingerprint density at radius 3 is 2.78 bits per heavy atom. The first-order valence-electron chi connectivity index (χ1n) is 6.85. The Bertz CT molecular complexity index is 327. The fourth-order valence-electron chi connectivity index (χ4n) is 1.66. The van der Waals surface area contributed by atoms with Crippen LogP contribution in [0.3, 0.4) is 0 Å². The lowest BCUT2D eigenvalue weighted by atomic mass is 10.2. The van der Waals surface area contributed by atoms with E-state index in [9.17, 15) is 0 Å². The van der Waals surface area contributed by atoms with E-state index in [1.165, 1.54) is 12.8 Å². The Balaban J connectivity index is 2.47. The normalized spacial score (nSPS) is 14.7. The average Bonchev–Trinajstić information content (AvgIpc) is 2.77. The van der Waals surface area contributed by atoms with Crippen LogP contribution in [0.4, 0.5) is 0 Å². The molecule has 18 heavy (non-hydrogen) atoms. The molecule has 4 nitrogen and oxygen atoms in total. The molecule has 1 aromatic heterocycles. The van der Waals surface area contributed by atoms with Gasteiger partial charge in [-0.1, -0.05) is 20.8 Å². The van der Waals surface area contributed by atoms with E-state index in [4.69, 9.17) is 0 Å². The Kier molecular flexibility index (Phi) is 7.35. The summed E-state index contributed by atoms with van der Waals surface area (Å²) in [6.45, 7) is 7.82. The maximum atomic E-state index is 4.31. The molecule has 0 fully saturated rings. The highest BCUT2D eigenvalue weighted by Crippen LogP contribution is 2.16. The number of hydrogen-bond acceptors (Lipinski definition) is 4. The van der Waals surface area contributed by atoms with Gasteiger partial charge in [0.1, 0.15) is 12.2 Å². The average molecular weight is 270 g/mol. The van der Waals surface area contributed by atoms with Crippen LogP contribution in [0.15, 0.2) is 6.33 Å². The molecule has 1 heterocycles. The number of aryl methyl sites for hydroxylation is 1. The fraction of sp³-hybridized carbons (Fsp3) is 0.846. The number of nitrogens with zero attached hydrogens (tertiary/aromatic N) is 3. The van der Waals surface area contributed by atoms with Gasteiger partial charge in [-0.25, -0.2) is 4.98 Å². The maximum absolute atomic E-state index is 4.31. The zero-order chi connectivity index (χ0) is 13.4. The van der Waals surface area contributed by atoms with Crippen molar-refractivity contribution in [1.29, 1.82) is 0 Å². The van der Waals surface area contributed by atoms with Crippen molar-refractivity contribution in [2.24, 2.45) is 7.05 Å². The predicted octanol–water partition coefficient (Wildman–Crippen LogP) is 2.26. The molecule has 0 bridgehead atoms. The first kappa shape index (κ1) is 15.5. The van der Waals surface area contributed by atoms with Gasteiger partial charge in [-0.2, -0.15) is 16.9 Å². The van der Waals surface area contributed by atoms with Crippen molar-refractivity contribution in [3.63, 3.8) is 0 Å². The predicted molar refractivity (Wildman–Crippen MR) is 79.0 cm³/mol. The quantitative estimate of drug-likeness (QED) is 0.747. The molecule has 0 aliphatic heterocycles. The van der Waals surface area contributed by atoms with E-state index in [2.05, 4.69) is 36.2 Å². The summed E-state index contributed by atoms with van der Waals surface area (Å²) in [5.41, 5.74) is 0. The minimum Gasteiger partial charge on any atom is -0.313 e. The van der Waals surface area contributed by atoms with Crippen LogP contribution < -0.4 is 5.32 Å². The van der Waals surface area contributed by atoms with Gasteiger partial charge >= 0.3 is 0 Å². The number of nitrogens with one attached hydrogen (secondary N) is 1. The molecule has 0 aliphatic rings. The topological polar surface area (TPSA) is 42.7 Å². The van der Waals surface area contributed by atoms with Crippen molar-refractivity contribution in [3.8, 4) is 0 Å². The third kappa shape index (κ3) is 5.40. The van der Waals surface area contributed by atoms with E-state index < -0.39 is 0 Å². The third-order valence-electron chi connectivity index (χ3n) is 3.07. The fourth-order valence-corrected chi connectivity index (χ4v) is 2.69. The van der Waals surface area contributed by atoms with Gasteiger partial charge in [-0.15, -0.1) is 0 Å². The standard InChI is InChI=1S/C13H26N4S/c1-5-7-14-12(9-18-11(3)6-2)8-13-15-10-16-17(13)4/h10-12,14H,5-9H2,1-4H3. The molecule has 0 aromatic carbocycles. The summed E-state index contributed by atoms with van der Waals surface area (Å²) in [5, 5.41) is 8.48. The van der Waals surface area contributed by atoms with E-state index in [1.54, 1.807) is 6.33 Å². The second-order valence-electron chi connectivity index (χ2n) is 4.71. The molecular weight excluding hydrogens is 244 g/mol. The third-order valence-corrected chi connectivity index (χ3v) is 4.57. The summed E-state index contributed by atoms with van der Waals surface area (Å²) in [4.78, 5) is 4.31. The molecule has 0 aliphatic carbocycles. The summed E-state index contributed by atoms with van der Waals surface area (Å²) < 4.78 is 1.87. The van der Waals surface area contributed by atoms with Crippen LogP contribution >= 0.6 is 11.8 Å². The van der Waals surface area contributed by atoms with Crippen molar-refractivity contribution < 1.29 is 0 Å². The van der Waals surface area contributed by atoms with Gasteiger partial charge < -0.3 is 5.32 Å². The summed E-state index contributed by atoms with van der Waals surface area (Å²) in [6.07, 6.45) is 4.99. The molecule has 0 saturated heterocycles. The van der Waals surface area contributed by atoms with Crippen molar-refractivity contribution in [2.45, 2.75) is 51.3 Å². The Morgan fingerprint density at radius 2 is 2.22 bits per heavy atom. The first-order valence-corrected chi connectivity index (χ1v) is 7.90. The summed E-state index contributed by atoms with van der Waals surface area (Å²) in [6, 6.07) is 0.492. The number of thioether (sulfide) groups is 1. The molecule has 0 amide bonds. The van der Waals surface area contributed by atoms with Crippen LogP contribution in [-0.4, -0.2) is 38.4 Å². The highest BCUT2D eigenvalue weighted by molar-refractivity contribution is 7.99. The smallest absolute Gasteiger partial charge is 0.138 e. The number of aromatic nitrogens is 3. The first-order chi connectivity index (χ1) is 8.67. The van der Waals surface area contributed by atoms with E-state index in [0.29, 0.717) is 6.04 Å². The minimum atomic E-state index is 0.492. The van der Waals surface area contributed by atoms with Gasteiger partial charge in [0.2, 0.25) is 0 Å². The maximum Gasteiger partial charge on any atom is 0.138 e. The molecule has 2 atom stereocenters. The molecule has 2 unspecified atom stereocenters. The highest BCUT2D eigenvalue weighted by atomic mass is 32.2. The lowest BCUT2D eigenvalue weighted by Crippen LogP contribution is -2.35. The zero-order valence-electron chi connectivity index (χ0n) is 12.0. The second kappa shape index (κ2) is 8.53. The van der Waals surface area contributed by atoms with E-state index in [1.807, 2.05) is 23.5 Å². The van der Waals surface area contributed by atoms with Gasteiger partial charge in [-0.05, 0) is 19.4 Å². The van der Waals surface area contributed by atoms with Crippen molar-refractivity contribution in [3.05, 3.63) is 12.2 Å². The SMILES string of the molecule is CCCNC(CSC(C)CC)Cc1ncnn1C. The van der Waals surface area contributed by atoms with Crippen molar-refractivity contribution in [2.75, 3.05) is 12.3 Å². The summed E-state index contributed by atoms with van der Waals surface area (Å²) in [7, 11) is 1.96. The number of hydrogen-bond donors (Lipinski definition) is 1. The Morgan fingerprint density at radius 1 is 1.44 bits per heavy atom. The van der Waals surface area contributed by atoms with Crippen LogP contribution in [-0.2, 0) is 13.5 Å². The van der Waals surface area contributed by atoms with E-state index in [0.717, 1.165) is 29.8 Å². The van der Waals surface area contributed by atoms with Crippen molar-refractivity contribution >= 4 is 11.8 Å². The zero-order valence-corrected chi connectivity index (χ0v) is 12.8. The van der Waals surface area contributed by atoms with Crippen LogP contribution in [0, 0.1) is 0 Å². The molecule has 0 radical (unpaired) electrons. The molecule has 104 valence electrons. The molecule has 1 aromatic rings. The van der Waals surface area contributed by atoms with Crippen molar-refractivity contribution in [1.82, 2.24) is 20.1 Å². The summed E-state index contributed by atoms with van der Waals surface area (Å²) in [5.74, 6) is 2.20. The Labute approximate surface area is 115 Å². The van der Waals surface area contributed by atoms with Gasteiger partial charge in [0.05, 0.1) is 0 Å².